The van der Waals surface area contributed by atoms with Crippen LogP contribution < -0.4 is 16.0 Å². The van der Waals surface area contributed by atoms with E-state index in [0.717, 1.165) is 17.1 Å². The van der Waals surface area contributed by atoms with Gasteiger partial charge in [0.25, 0.3) is 0 Å². The fourth-order valence-electron chi connectivity index (χ4n) is 1.63. The minimum absolute atomic E-state index is 0.712. The first-order valence-corrected chi connectivity index (χ1v) is 5.83. The van der Waals surface area contributed by atoms with Crippen LogP contribution in [0.2, 0.25) is 0 Å². The molecule has 0 radical (unpaired) electrons. The lowest BCUT2D eigenvalue weighted by Crippen LogP contribution is -2.08. The standard InChI is InChI=1S/C14H18N4/c1-10-8-14(16-9-13(10)15)17-11-4-6-12(7-5-11)18(2)3/h4-9H,15H2,1-3H3,(H,16,17). The predicted molar refractivity (Wildman–Crippen MR) is 77.4 cm³/mol. The molecule has 0 aliphatic carbocycles. The number of aryl methyl sites for hydroxylation is 1. The van der Waals surface area contributed by atoms with Crippen molar-refractivity contribution in [2.75, 3.05) is 30.0 Å². The Morgan fingerprint density at radius 3 is 2.39 bits per heavy atom. The van der Waals surface area contributed by atoms with Gasteiger partial charge in [-0.1, -0.05) is 0 Å². The van der Waals surface area contributed by atoms with E-state index in [1.165, 1.54) is 5.69 Å². The summed E-state index contributed by atoms with van der Waals surface area (Å²) >= 11 is 0. The average molecular weight is 242 g/mol. The number of nitrogens with one attached hydrogen (secondary N) is 1. The summed E-state index contributed by atoms with van der Waals surface area (Å²) in [5.74, 6) is 0.805. The molecule has 1 heterocycles. The molecule has 0 fully saturated rings. The quantitative estimate of drug-likeness (QED) is 0.869. The van der Waals surface area contributed by atoms with Crippen LogP contribution in [0.25, 0.3) is 0 Å². The molecule has 4 heteroatoms. The second-order valence-corrected chi connectivity index (χ2v) is 4.49. The van der Waals surface area contributed by atoms with E-state index in [4.69, 9.17) is 5.73 Å². The van der Waals surface area contributed by atoms with E-state index in [1.54, 1.807) is 6.20 Å². The molecule has 4 nitrogen and oxygen atoms in total. The highest BCUT2D eigenvalue weighted by Gasteiger charge is 2.00. The molecule has 0 saturated carbocycles. The zero-order valence-corrected chi connectivity index (χ0v) is 10.9. The third-order valence-corrected chi connectivity index (χ3v) is 2.81. The number of anilines is 4. The lowest BCUT2D eigenvalue weighted by molar-refractivity contribution is 1.13. The van der Waals surface area contributed by atoms with E-state index >= 15 is 0 Å². The summed E-state index contributed by atoms with van der Waals surface area (Å²) in [7, 11) is 4.04. The van der Waals surface area contributed by atoms with Gasteiger partial charge in [0, 0.05) is 25.5 Å². The van der Waals surface area contributed by atoms with Gasteiger partial charge in [0.05, 0.1) is 11.9 Å². The Morgan fingerprint density at radius 2 is 1.83 bits per heavy atom. The zero-order valence-electron chi connectivity index (χ0n) is 10.9. The molecule has 2 rings (SSSR count). The van der Waals surface area contributed by atoms with Gasteiger partial charge >= 0.3 is 0 Å². The third kappa shape index (κ3) is 2.71. The molecule has 0 amide bonds. The fraction of sp³-hybridized carbons (Fsp3) is 0.214. The molecule has 1 aromatic carbocycles. The summed E-state index contributed by atoms with van der Waals surface area (Å²) in [6, 6.07) is 10.1. The molecule has 0 spiro atoms. The summed E-state index contributed by atoms with van der Waals surface area (Å²) in [5, 5.41) is 3.25. The normalized spacial score (nSPS) is 10.2. The third-order valence-electron chi connectivity index (χ3n) is 2.81. The van der Waals surface area contributed by atoms with Crippen molar-refractivity contribution in [3.63, 3.8) is 0 Å². The van der Waals surface area contributed by atoms with Gasteiger partial charge < -0.3 is 16.0 Å². The largest absolute Gasteiger partial charge is 0.397 e. The number of pyridine rings is 1. The van der Waals surface area contributed by atoms with Crippen molar-refractivity contribution in [1.29, 1.82) is 0 Å². The summed E-state index contributed by atoms with van der Waals surface area (Å²) in [6.45, 7) is 1.97. The Bertz CT molecular complexity index is 532. The maximum Gasteiger partial charge on any atom is 0.130 e. The second kappa shape index (κ2) is 4.96. The molecule has 2 aromatic rings. The number of nitrogens with zero attached hydrogens (tertiary/aromatic N) is 2. The van der Waals surface area contributed by atoms with Crippen molar-refractivity contribution in [2.45, 2.75) is 6.92 Å². The van der Waals surface area contributed by atoms with Crippen molar-refractivity contribution < 1.29 is 0 Å². The summed E-state index contributed by atoms with van der Waals surface area (Å²) in [5.41, 5.74) is 9.66. The number of rotatable bonds is 3. The number of nitrogen functional groups attached to an aromatic ring is 1. The van der Waals surface area contributed by atoms with Crippen LogP contribution in [0.4, 0.5) is 22.9 Å². The van der Waals surface area contributed by atoms with Crippen molar-refractivity contribution >= 4 is 22.9 Å². The molecule has 0 aliphatic rings. The molecule has 3 N–H and O–H groups in total. The summed E-state index contributed by atoms with van der Waals surface area (Å²) < 4.78 is 0. The first-order chi connectivity index (χ1) is 8.56. The van der Waals surface area contributed by atoms with Crippen LogP contribution in [0, 0.1) is 6.92 Å². The predicted octanol–water partition coefficient (Wildman–Crippen LogP) is 2.78. The molecular weight excluding hydrogens is 224 g/mol. The number of hydrogen-bond donors (Lipinski definition) is 2. The zero-order chi connectivity index (χ0) is 13.1. The molecule has 0 unspecified atom stereocenters. The van der Waals surface area contributed by atoms with Crippen molar-refractivity contribution in [2.24, 2.45) is 0 Å². The molecule has 18 heavy (non-hydrogen) atoms. The van der Waals surface area contributed by atoms with E-state index in [9.17, 15) is 0 Å². The first kappa shape index (κ1) is 12.2. The Kier molecular flexibility index (Phi) is 3.37. The highest BCUT2D eigenvalue weighted by atomic mass is 15.1. The highest BCUT2D eigenvalue weighted by Crippen LogP contribution is 2.20. The van der Waals surface area contributed by atoms with E-state index < -0.39 is 0 Å². The van der Waals surface area contributed by atoms with Crippen molar-refractivity contribution in [3.05, 3.63) is 42.1 Å². The van der Waals surface area contributed by atoms with Gasteiger partial charge in [0.15, 0.2) is 0 Å². The molecule has 0 bridgehead atoms. The molecule has 0 saturated heterocycles. The number of hydrogen-bond acceptors (Lipinski definition) is 4. The lowest BCUT2D eigenvalue weighted by Gasteiger charge is -2.13. The average Bonchev–Trinajstić information content (AvgIpc) is 2.34. The minimum Gasteiger partial charge on any atom is -0.397 e. The minimum atomic E-state index is 0.712. The van der Waals surface area contributed by atoms with Gasteiger partial charge in [0.2, 0.25) is 0 Å². The topological polar surface area (TPSA) is 54.2 Å². The van der Waals surface area contributed by atoms with Gasteiger partial charge in [-0.25, -0.2) is 4.98 Å². The Hall–Kier alpha value is -2.23. The van der Waals surface area contributed by atoms with Gasteiger partial charge in [-0.2, -0.15) is 0 Å². The van der Waals surface area contributed by atoms with Gasteiger partial charge in [-0.05, 0) is 42.8 Å². The monoisotopic (exact) mass is 242 g/mol. The molecule has 1 aromatic heterocycles. The number of nitrogens with two attached hydrogens (primary N) is 1. The van der Waals surface area contributed by atoms with Gasteiger partial charge in [0.1, 0.15) is 5.82 Å². The SMILES string of the molecule is Cc1cc(Nc2ccc(N(C)C)cc2)ncc1N. The second-order valence-electron chi connectivity index (χ2n) is 4.49. The van der Waals surface area contributed by atoms with E-state index in [1.807, 2.05) is 39.2 Å². The molecular formula is C14H18N4. The Balaban J connectivity index is 2.15. The van der Waals surface area contributed by atoms with Crippen molar-refractivity contribution in [1.82, 2.24) is 4.98 Å². The van der Waals surface area contributed by atoms with E-state index in [-0.39, 0.29) is 0 Å². The maximum atomic E-state index is 5.74. The van der Waals surface area contributed by atoms with Crippen LogP contribution in [0.1, 0.15) is 5.56 Å². The van der Waals surface area contributed by atoms with E-state index in [2.05, 4.69) is 27.3 Å². The lowest BCUT2D eigenvalue weighted by atomic mass is 10.2. The first-order valence-electron chi connectivity index (χ1n) is 5.83. The van der Waals surface area contributed by atoms with Gasteiger partial charge in [-0.15, -0.1) is 0 Å². The Labute approximate surface area is 107 Å². The number of aromatic nitrogens is 1. The number of benzene rings is 1. The van der Waals surface area contributed by atoms with E-state index in [0.29, 0.717) is 5.69 Å². The summed E-state index contributed by atoms with van der Waals surface area (Å²) in [6.07, 6.45) is 1.67. The molecule has 0 aliphatic heterocycles. The van der Waals surface area contributed by atoms with Crippen LogP contribution in [-0.4, -0.2) is 19.1 Å². The van der Waals surface area contributed by atoms with Gasteiger partial charge in [-0.3, -0.25) is 0 Å². The fourth-order valence-corrected chi connectivity index (χ4v) is 1.63. The van der Waals surface area contributed by atoms with Crippen LogP contribution in [0.3, 0.4) is 0 Å². The van der Waals surface area contributed by atoms with Crippen LogP contribution in [-0.2, 0) is 0 Å². The highest BCUT2D eigenvalue weighted by molar-refractivity contribution is 5.62. The van der Waals surface area contributed by atoms with Crippen LogP contribution in [0.15, 0.2) is 36.5 Å². The maximum absolute atomic E-state index is 5.74. The molecule has 0 atom stereocenters. The molecule has 94 valence electrons. The summed E-state index contributed by atoms with van der Waals surface area (Å²) in [4.78, 5) is 6.31. The van der Waals surface area contributed by atoms with Crippen LogP contribution in [0.5, 0.6) is 0 Å². The smallest absolute Gasteiger partial charge is 0.130 e. The van der Waals surface area contributed by atoms with Crippen molar-refractivity contribution in [3.8, 4) is 0 Å². The Morgan fingerprint density at radius 1 is 1.17 bits per heavy atom. The van der Waals surface area contributed by atoms with Crippen LogP contribution >= 0.6 is 0 Å².